The Kier molecular flexibility index (Phi) is 4.96. The second-order valence-electron chi connectivity index (χ2n) is 5.32. The molecular formula is C20H18ClNO. The first-order valence-corrected chi connectivity index (χ1v) is 7.90. The predicted molar refractivity (Wildman–Crippen MR) is 95.6 cm³/mol. The molecule has 2 N–H and O–H groups in total. The molecule has 3 rings (SSSR count). The summed E-state index contributed by atoms with van der Waals surface area (Å²) in [4.78, 5) is 0. The van der Waals surface area contributed by atoms with Crippen LogP contribution in [-0.2, 0) is 13.2 Å². The molecule has 3 aromatic rings. The maximum atomic E-state index is 6.06. The van der Waals surface area contributed by atoms with Gasteiger partial charge in [-0.1, -0.05) is 66.2 Å². The molecule has 0 heterocycles. The van der Waals surface area contributed by atoms with E-state index in [-0.39, 0.29) is 0 Å². The van der Waals surface area contributed by atoms with E-state index in [0.29, 0.717) is 13.2 Å². The summed E-state index contributed by atoms with van der Waals surface area (Å²) >= 11 is 5.98. The van der Waals surface area contributed by atoms with Gasteiger partial charge in [0.2, 0.25) is 0 Å². The van der Waals surface area contributed by atoms with Gasteiger partial charge in [-0.05, 0) is 34.9 Å². The lowest BCUT2D eigenvalue weighted by molar-refractivity contribution is 0.307. The second kappa shape index (κ2) is 7.32. The van der Waals surface area contributed by atoms with Crippen LogP contribution in [0.3, 0.4) is 0 Å². The molecule has 0 saturated carbocycles. The van der Waals surface area contributed by atoms with Gasteiger partial charge in [0.25, 0.3) is 0 Å². The van der Waals surface area contributed by atoms with Crippen molar-refractivity contribution in [2.45, 2.75) is 13.2 Å². The summed E-state index contributed by atoms with van der Waals surface area (Å²) in [5, 5.41) is 0.721. The molecule has 0 saturated heterocycles. The predicted octanol–water partition coefficient (Wildman–Crippen LogP) is 5.04. The number of ether oxygens (including phenoxy) is 1. The molecular weight excluding hydrogens is 306 g/mol. The zero-order valence-corrected chi connectivity index (χ0v) is 13.5. The number of nitrogens with two attached hydrogens (primary N) is 1. The highest BCUT2D eigenvalue weighted by molar-refractivity contribution is 6.30. The van der Waals surface area contributed by atoms with Crippen LogP contribution < -0.4 is 10.5 Å². The van der Waals surface area contributed by atoms with Crippen molar-refractivity contribution in [3.8, 4) is 16.9 Å². The molecule has 0 amide bonds. The normalized spacial score (nSPS) is 10.5. The van der Waals surface area contributed by atoms with Gasteiger partial charge in [-0.15, -0.1) is 0 Å². The monoisotopic (exact) mass is 323 g/mol. The number of rotatable bonds is 5. The minimum absolute atomic E-state index is 0.489. The fourth-order valence-corrected chi connectivity index (χ4v) is 2.54. The average molecular weight is 324 g/mol. The Balaban J connectivity index is 1.91. The quantitative estimate of drug-likeness (QED) is 0.713. The van der Waals surface area contributed by atoms with E-state index in [4.69, 9.17) is 22.1 Å². The summed E-state index contributed by atoms with van der Waals surface area (Å²) < 4.78 is 6.06. The lowest BCUT2D eigenvalue weighted by Gasteiger charge is -2.13. The third-order valence-corrected chi connectivity index (χ3v) is 3.93. The topological polar surface area (TPSA) is 35.2 Å². The smallest absolute Gasteiger partial charge is 0.127 e. The summed E-state index contributed by atoms with van der Waals surface area (Å²) in [6.07, 6.45) is 0. The van der Waals surface area contributed by atoms with Crippen LogP contribution in [0.15, 0.2) is 72.8 Å². The number of halogens is 1. The first-order valence-electron chi connectivity index (χ1n) is 7.52. The Labute approximate surface area is 141 Å². The van der Waals surface area contributed by atoms with E-state index in [1.807, 2.05) is 60.7 Å². The largest absolute Gasteiger partial charge is 0.488 e. The second-order valence-corrected chi connectivity index (χ2v) is 5.75. The van der Waals surface area contributed by atoms with E-state index in [9.17, 15) is 0 Å². The highest BCUT2D eigenvalue weighted by Crippen LogP contribution is 2.32. The first kappa shape index (κ1) is 15.6. The molecule has 23 heavy (non-hydrogen) atoms. The molecule has 2 nitrogen and oxygen atoms in total. The minimum Gasteiger partial charge on any atom is -0.488 e. The van der Waals surface area contributed by atoms with Gasteiger partial charge in [-0.3, -0.25) is 0 Å². The van der Waals surface area contributed by atoms with E-state index in [1.165, 1.54) is 0 Å². The van der Waals surface area contributed by atoms with E-state index in [0.717, 1.165) is 33.0 Å². The fourth-order valence-electron chi connectivity index (χ4n) is 2.42. The van der Waals surface area contributed by atoms with Gasteiger partial charge in [0.05, 0.1) is 0 Å². The molecule has 0 aliphatic carbocycles. The van der Waals surface area contributed by atoms with Crippen LogP contribution in [0.1, 0.15) is 11.1 Å². The van der Waals surface area contributed by atoms with Crippen molar-refractivity contribution in [1.29, 1.82) is 0 Å². The molecule has 0 atom stereocenters. The third-order valence-electron chi connectivity index (χ3n) is 3.67. The molecule has 3 aromatic carbocycles. The minimum atomic E-state index is 0.489. The Hall–Kier alpha value is -2.29. The standard InChI is InChI=1S/C20H18ClNO/c21-18-9-7-17(8-10-18)19-11-6-16(13-22)12-20(19)23-14-15-4-2-1-3-5-15/h1-12H,13-14,22H2. The average Bonchev–Trinajstić information content (AvgIpc) is 2.61. The molecule has 0 aliphatic heterocycles. The maximum absolute atomic E-state index is 6.06. The van der Waals surface area contributed by atoms with Crippen LogP contribution in [0.25, 0.3) is 11.1 Å². The van der Waals surface area contributed by atoms with Gasteiger partial charge >= 0.3 is 0 Å². The highest BCUT2D eigenvalue weighted by atomic mass is 35.5. The lowest BCUT2D eigenvalue weighted by Crippen LogP contribution is -2.00. The van der Waals surface area contributed by atoms with Gasteiger partial charge in [0.1, 0.15) is 12.4 Å². The van der Waals surface area contributed by atoms with Gasteiger partial charge in [0, 0.05) is 17.1 Å². The van der Waals surface area contributed by atoms with Gasteiger partial charge in [-0.25, -0.2) is 0 Å². The summed E-state index contributed by atoms with van der Waals surface area (Å²) in [5.74, 6) is 0.833. The Morgan fingerprint density at radius 3 is 2.26 bits per heavy atom. The molecule has 0 aliphatic rings. The van der Waals surface area contributed by atoms with Crippen LogP contribution in [0, 0.1) is 0 Å². The van der Waals surface area contributed by atoms with Crippen LogP contribution in [0.4, 0.5) is 0 Å². The Bertz CT molecular complexity index is 769. The van der Waals surface area contributed by atoms with Gasteiger partial charge in [-0.2, -0.15) is 0 Å². The zero-order chi connectivity index (χ0) is 16.1. The molecule has 0 radical (unpaired) electrons. The Morgan fingerprint density at radius 2 is 1.57 bits per heavy atom. The summed E-state index contributed by atoms with van der Waals surface area (Å²) in [7, 11) is 0. The van der Waals surface area contributed by atoms with Crippen LogP contribution in [0.5, 0.6) is 5.75 Å². The third kappa shape index (κ3) is 3.92. The van der Waals surface area contributed by atoms with Gasteiger partial charge in [0.15, 0.2) is 0 Å². The number of hydrogen-bond acceptors (Lipinski definition) is 2. The Morgan fingerprint density at radius 1 is 0.826 bits per heavy atom. The summed E-state index contributed by atoms with van der Waals surface area (Å²) in [5.41, 5.74) is 10.0. The number of benzene rings is 3. The van der Waals surface area contributed by atoms with Crippen molar-refractivity contribution < 1.29 is 4.74 Å². The van der Waals surface area contributed by atoms with Crippen molar-refractivity contribution in [1.82, 2.24) is 0 Å². The molecule has 0 fully saturated rings. The van der Waals surface area contributed by atoms with Crippen molar-refractivity contribution >= 4 is 11.6 Å². The van der Waals surface area contributed by atoms with E-state index >= 15 is 0 Å². The molecule has 0 spiro atoms. The van der Waals surface area contributed by atoms with Gasteiger partial charge < -0.3 is 10.5 Å². The highest BCUT2D eigenvalue weighted by Gasteiger charge is 2.08. The maximum Gasteiger partial charge on any atom is 0.127 e. The SMILES string of the molecule is NCc1ccc(-c2ccc(Cl)cc2)c(OCc2ccccc2)c1. The van der Waals surface area contributed by atoms with E-state index in [1.54, 1.807) is 0 Å². The summed E-state index contributed by atoms with van der Waals surface area (Å²) in [6, 6.07) is 24.0. The van der Waals surface area contributed by atoms with Crippen LogP contribution in [-0.4, -0.2) is 0 Å². The molecule has 0 aromatic heterocycles. The van der Waals surface area contributed by atoms with Crippen LogP contribution >= 0.6 is 11.6 Å². The molecule has 0 bridgehead atoms. The molecule has 116 valence electrons. The lowest BCUT2D eigenvalue weighted by atomic mass is 10.0. The van der Waals surface area contributed by atoms with Crippen molar-refractivity contribution in [2.24, 2.45) is 5.73 Å². The van der Waals surface area contributed by atoms with E-state index < -0.39 is 0 Å². The van der Waals surface area contributed by atoms with Crippen molar-refractivity contribution in [2.75, 3.05) is 0 Å². The fraction of sp³-hybridized carbons (Fsp3) is 0.100. The van der Waals surface area contributed by atoms with Crippen LogP contribution in [0.2, 0.25) is 5.02 Å². The van der Waals surface area contributed by atoms with Crippen molar-refractivity contribution in [3.05, 3.63) is 88.9 Å². The van der Waals surface area contributed by atoms with Crippen molar-refractivity contribution in [3.63, 3.8) is 0 Å². The molecule has 3 heteroatoms. The zero-order valence-electron chi connectivity index (χ0n) is 12.7. The first-order chi connectivity index (χ1) is 11.3. The summed E-state index contributed by atoms with van der Waals surface area (Å²) in [6.45, 7) is 1.01. The number of hydrogen-bond donors (Lipinski definition) is 1. The molecule has 0 unspecified atom stereocenters. The van der Waals surface area contributed by atoms with E-state index in [2.05, 4.69) is 12.1 Å².